The minimum Gasteiger partial charge on any atom is -0.310 e. The molecule has 0 saturated heterocycles. The molecule has 0 amide bonds. The molecular formula is C14H19Cl2NS. The summed E-state index contributed by atoms with van der Waals surface area (Å²) in [5, 5.41) is 5.90. The molecule has 0 bridgehead atoms. The summed E-state index contributed by atoms with van der Waals surface area (Å²) in [4.78, 5) is 0. The average molecular weight is 304 g/mol. The second kappa shape index (κ2) is 7.04. The minimum absolute atomic E-state index is 0.640. The summed E-state index contributed by atoms with van der Waals surface area (Å²) in [6.07, 6.45) is 3.90. The van der Waals surface area contributed by atoms with Gasteiger partial charge in [0.25, 0.3) is 0 Å². The molecule has 0 heterocycles. The molecule has 4 heteroatoms. The Morgan fingerprint density at radius 3 is 2.89 bits per heavy atom. The Labute approximate surface area is 124 Å². The first-order chi connectivity index (χ1) is 8.69. The summed E-state index contributed by atoms with van der Waals surface area (Å²) in [7, 11) is 0. The van der Waals surface area contributed by atoms with Crippen LogP contribution in [0, 0.1) is 0 Å². The maximum absolute atomic E-state index is 6.16. The van der Waals surface area contributed by atoms with E-state index < -0.39 is 0 Å². The highest BCUT2D eigenvalue weighted by atomic mass is 35.5. The van der Waals surface area contributed by atoms with Crippen molar-refractivity contribution < 1.29 is 0 Å². The van der Waals surface area contributed by atoms with E-state index in [-0.39, 0.29) is 0 Å². The SMILES string of the molecule is CCSC1CCC(NCc2ccc(Cl)cc2Cl)C1. The van der Waals surface area contributed by atoms with Gasteiger partial charge < -0.3 is 5.32 Å². The van der Waals surface area contributed by atoms with Crippen LogP contribution in [0.15, 0.2) is 18.2 Å². The fraction of sp³-hybridized carbons (Fsp3) is 0.571. The third-order valence-electron chi connectivity index (χ3n) is 3.38. The molecule has 2 atom stereocenters. The lowest BCUT2D eigenvalue weighted by molar-refractivity contribution is 0.525. The van der Waals surface area contributed by atoms with E-state index in [1.807, 2.05) is 18.2 Å². The molecule has 0 radical (unpaired) electrons. The average Bonchev–Trinajstić information content (AvgIpc) is 2.76. The fourth-order valence-corrected chi connectivity index (χ4v) is 4.05. The zero-order chi connectivity index (χ0) is 13.0. The van der Waals surface area contributed by atoms with Gasteiger partial charge in [0.2, 0.25) is 0 Å². The number of halogens is 2. The van der Waals surface area contributed by atoms with Crippen molar-refractivity contribution in [3.63, 3.8) is 0 Å². The molecule has 0 aliphatic heterocycles. The molecular weight excluding hydrogens is 285 g/mol. The van der Waals surface area contributed by atoms with Gasteiger partial charge in [0.15, 0.2) is 0 Å². The van der Waals surface area contributed by atoms with Crippen molar-refractivity contribution in [3.8, 4) is 0 Å². The molecule has 2 unspecified atom stereocenters. The van der Waals surface area contributed by atoms with Gasteiger partial charge in [0.1, 0.15) is 0 Å². The highest BCUT2D eigenvalue weighted by Crippen LogP contribution is 2.30. The van der Waals surface area contributed by atoms with E-state index in [2.05, 4.69) is 24.0 Å². The Hall–Kier alpha value is 0.110. The number of benzene rings is 1. The van der Waals surface area contributed by atoms with E-state index in [4.69, 9.17) is 23.2 Å². The van der Waals surface area contributed by atoms with Crippen LogP contribution in [-0.2, 0) is 6.54 Å². The van der Waals surface area contributed by atoms with Crippen LogP contribution < -0.4 is 5.32 Å². The zero-order valence-corrected chi connectivity index (χ0v) is 12.9. The van der Waals surface area contributed by atoms with Crippen LogP contribution in [0.2, 0.25) is 10.0 Å². The van der Waals surface area contributed by atoms with E-state index in [1.165, 1.54) is 25.0 Å². The Balaban J connectivity index is 1.81. The van der Waals surface area contributed by atoms with Gasteiger partial charge in [-0.15, -0.1) is 0 Å². The molecule has 1 aliphatic rings. The zero-order valence-electron chi connectivity index (χ0n) is 10.6. The molecule has 1 fully saturated rings. The molecule has 1 aromatic carbocycles. The quantitative estimate of drug-likeness (QED) is 0.842. The Bertz CT molecular complexity index is 397. The molecule has 1 aliphatic carbocycles. The number of hydrogen-bond acceptors (Lipinski definition) is 2. The predicted molar refractivity (Wildman–Crippen MR) is 82.9 cm³/mol. The van der Waals surface area contributed by atoms with Gasteiger partial charge in [0.05, 0.1) is 0 Å². The summed E-state index contributed by atoms with van der Waals surface area (Å²) in [5.74, 6) is 1.22. The number of thioether (sulfide) groups is 1. The highest BCUT2D eigenvalue weighted by Gasteiger charge is 2.23. The van der Waals surface area contributed by atoms with Gasteiger partial charge >= 0.3 is 0 Å². The smallest absolute Gasteiger partial charge is 0.0465 e. The summed E-state index contributed by atoms with van der Waals surface area (Å²) in [6.45, 7) is 3.07. The number of rotatable bonds is 5. The molecule has 1 saturated carbocycles. The van der Waals surface area contributed by atoms with Crippen molar-refractivity contribution in [2.24, 2.45) is 0 Å². The third kappa shape index (κ3) is 4.06. The van der Waals surface area contributed by atoms with Crippen molar-refractivity contribution in [1.29, 1.82) is 0 Å². The molecule has 100 valence electrons. The Morgan fingerprint density at radius 2 is 2.17 bits per heavy atom. The van der Waals surface area contributed by atoms with Crippen molar-refractivity contribution in [1.82, 2.24) is 5.32 Å². The van der Waals surface area contributed by atoms with Gasteiger partial charge in [-0.05, 0) is 42.7 Å². The summed E-state index contributed by atoms with van der Waals surface area (Å²) in [6, 6.07) is 6.35. The lowest BCUT2D eigenvalue weighted by Gasteiger charge is -2.14. The molecule has 0 spiro atoms. The van der Waals surface area contributed by atoms with Crippen molar-refractivity contribution in [2.75, 3.05) is 5.75 Å². The predicted octanol–water partition coefficient (Wildman–Crippen LogP) is 4.76. The lowest BCUT2D eigenvalue weighted by Crippen LogP contribution is -2.26. The maximum atomic E-state index is 6.16. The summed E-state index contributed by atoms with van der Waals surface area (Å²) < 4.78 is 0. The van der Waals surface area contributed by atoms with Crippen LogP contribution in [0.3, 0.4) is 0 Å². The largest absolute Gasteiger partial charge is 0.310 e. The first kappa shape index (κ1) is 14.5. The highest BCUT2D eigenvalue weighted by molar-refractivity contribution is 7.99. The van der Waals surface area contributed by atoms with Crippen LogP contribution >= 0.6 is 35.0 Å². The second-order valence-electron chi connectivity index (χ2n) is 4.70. The molecule has 1 aromatic rings. The van der Waals surface area contributed by atoms with E-state index in [9.17, 15) is 0 Å². The minimum atomic E-state index is 0.640. The van der Waals surface area contributed by atoms with Crippen LogP contribution in [0.5, 0.6) is 0 Å². The summed E-state index contributed by atoms with van der Waals surface area (Å²) >= 11 is 14.1. The molecule has 1 N–H and O–H groups in total. The first-order valence-corrected chi connectivity index (χ1v) is 8.28. The van der Waals surface area contributed by atoms with E-state index in [0.717, 1.165) is 22.4 Å². The third-order valence-corrected chi connectivity index (χ3v) is 5.20. The normalized spacial score (nSPS) is 23.5. The molecule has 1 nitrogen and oxygen atoms in total. The van der Waals surface area contributed by atoms with Crippen LogP contribution in [0.1, 0.15) is 31.7 Å². The maximum Gasteiger partial charge on any atom is 0.0465 e. The van der Waals surface area contributed by atoms with E-state index in [0.29, 0.717) is 11.1 Å². The number of nitrogens with one attached hydrogen (secondary N) is 1. The van der Waals surface area contributed by atoms with Gasteiger partial charge in [-0.25, -0.2) is 0 Å². The van der Waals surface area contributed by atoms with Crippen LogP contribution in [0.25, 0.3) is 0 Å². The molecule has 0 aromatic heterocycles. The Morgan fingerprint density at radius 1 is 1.33 bits per heavy atom. The molecule has 18 heavy (non-hydrogen) atoms. The second-order valence-corrected chi connectivity index (χ2v) is 7.12. The fourth-order valence-electron chi connectivity index (χ4n) is 2.43. The van der Waals surface area contributed by atoms with Crippen LogP contribution in [0.4, 0.5) is 0 Å². The number of hydrogen-bond donors (Lipinski definition) is 1. The first-order valence-electron chi connectivity index (χ1n) is 6.48. The van der Waals surface area contributed by atoms with E-state index >= 15 is 0 Å². The monoisotopic (exact) mass is 303 g/mol. The standard InChI is InChI=1S/C14H19Cl2NS/c1-2-18-13-6-5-12(8-13)17-9-10-3-4-11(15)7-14(10)16/h3-4,7,12-13,17H,2,5-6,8-9H2,1H3. The van der Waals surface area contributed by atoms with Gasteiger partial charge in [0, 0.05) is 27.9 Å². The summed E-state index contributed by atoms with van der Waals surface area (Å²) in [5.41, 5.74) is 1.13. The van der Waals surface area contributed by atoms with E-state index in [1.54, 1.807) is 0 Å². The van der Waals surface area contributed by atoms with Crippen molar-refractivity contribution in [3.05, 3.63) is 33.8 Å². The lowest BCUT2D eigenvalue weighted by atomic mass is 10.2. The van der Waals surface area contributed by atoms with Crippen molar-refractivity contribution in [2.45, 2.75) is 44.0 Å². The van der Waals surface area contributed by atoms with Gasteiger partial charge in [-0.2, -0.15) is 11.8 Å². The topological polar surface area (TPSA) is 12.0 Å². The van der Waals surface area contributed by atoms with Gasteiger partial charge in [-0.3, -0.25) is 0 Å². The van der Waals surface area contributed by atoms with Crippen molar-refractivity contribution >= 4 is 35.0 Å². The van der Waals surface area contributed by atoms with Gasteiger partial charge in [-0.1, -0.05) is 36.2 Å². The Kier molecular flexibility index (Phi) is 5.68. The molecule has 2 rings (SSSR count). The van der Waals surface area contributed by atoms with Crippen LogP contribution in [-0.4, -0.2) is 17.0 Å².